The number of rotatable bonds is 5. The highest BCUT2D eigenvalue weighted by Gasteiger charge is 1.96. The third-order valence-corrected chi connectivity index (χ3v) is 2.48. The quantitative estimate of drug-likeness (QED) is 0.853. The fourth-order valence-electron chi connectivity index (χ4n) is 1.57. The summed E-state index contributed by atoms with van der Waals surface area (Å²) in [6, 6.07) is 11.9. The number of aromatic nitrogens is 1. The molecule has 17 heavy (non-hydrogen) atoms. The first-order chi connectivity index (χ1) is 8.38. The van der Waals surface area contributed by atoms with Gasteiger partial charge < -0.3 is 10.5 Å². The Balaban J connectivity index is 1.91. The summed E-state index contributed by atoms with van der Waals surface area (Å²) in [5.41, 5.74) is 7.80. The van der Waals surface area contributed by atoms with Gasteiger partial charge in [-0.15, -0.1) is 0 Å². The molecule has 2 rings (SSSR count). The zero-order valence-corrected chi connectivity index (χ0v) is 9.67. The van der Waals surface area contributed by atoms with E-state index >= 15 is 0 Å². The molecule has 0 saturated heterocycles. The fraction of sp³-hybridized carbons (Fsp3) is 0.214. The molecule has 2 N–H and O–H groups in total. The Morgan fingerprint density at radius 1 is 1.06 bits per heavy atom. The van der Waals surface area contributed by atoms with E-state index in [-0.39, 0.29) is 0 Å². The summed E-state index contributed by atoms with van der Waals surface area (Å²) in [5, 5.41) is 0. The lowest BCUT2D eigenvalue weighted by Gasteiger charge is -2.06. The van der Waals surface area contributed by atoms with Gasteiger partial charge in [0.25, 0.3) is 0 Å². The van der Waals surface area contributed by atoms with E-state index in [9.17, 15) is 0 Å². The lowest BCUT2D eigenvalue weighted by molar-refractivity contribution is 0.305. The van der Waals surface area contributed by atoms with Crippen LogP contribution in [-0.2, 0) is 13.0 Å². The molecule has 0 amide bonds. The van der Waals surface area contributed by atoms with E-state index < -0.39 is 0 Å². The molecule has 0 bridgehead atoms. The average Bonchev–Trinajstić information content (AvgIpc) is 2.40. The van der Waals surface area contributed by atoms with E-state index in [0.29, 0.717) is 13.2 Å². The Hall–Kier alpha value is -1.87. The van der Waals surface area contributed by atoms with Gasteiger partial charge >= 0.3 is 0 Å². The molecule has 0 saturated carbocycles. The minimum Gasteiger partial charge on any atom is -0.489 e. The smallest absolute Gasteiger partial charge is 0.119 e. The summed E-state index contributed by atoms with van der Waals surface area (Å²) in [6.45, 7) is 1.22. The standard InChI is InChI=1S/C14H16N2O/c15-8-7-12-3-5-14(6-4-12)17-11-13-2-1-9-16-10-13/h1-6,9-10H,7-8,11,15H2. The molecular formula is C14H16N2O. The molecule has 0 aliphatic carbocycles. The van der Waals surface area contributed by atoms with E-state index in [1.165, 1.54) is 5.56 Å². The van der Waals surface area contributed by atoms with Gasteiger partial charge in [0.1, 0.15) is 12.4 Å². The molecule has 0 fully saturated rings. The van der Waals surface area contributed by atoms with Gasteiger partial charge in [0.2, 0.25) is 0 Å². The highest BCUT2D eigenvalue weighted by atomic mass is 16.5. The largest absolute Gasteiger partial charge is 0.489 e. The molecular weight excluding hydrogens is 212 g/mol. The molecule has 88 valence electrons. The zero-order valence-electron chi connectivity index (χ0n) is 9.67. The van der Waals surface area contributed by atoms with Crippen molar-refractivity contribution in [2.24, 2.45) is 5.73 Å². The molecule has 0 aliphatic rings. The van der Waals surface area contributed by atoms with Crippen molar-refractivity contribution in [2.45, 2.75) is 13.0 Å². The van der Waals surface area contributed by atoms with Crippen molar-refractivity contribution in [3.63, 3.8) is 0 Å². The van der Waals surface area contributed by atoms with Crippen molar-refractivity contribution < 1.29 is 4.74 Å². The van der Waals surface area contributed by atoms with Gasteiger partial charge in [-0.05, 0) is 36.7 Å². The van der Waals surface area contributed by atoms with Crippen LogP contribution in [0.3, 0.4) is 0 Å². The second-order valence-corrected chi connectivity index (χ2v) is 3.83. The normalized spacial score (nSPS) is 10.2. The number of nitrogens with zero attached hydrogens (tertiary/aromatic N) is 1. The molecule has 0 unspecified atom stereocenters. The number of hydrogen-bond donors (Lipinski definition) is 1. The van der Waals surface area contributed by atoms with Gasteiger partial charge in [-0.1, -0.05) is 18.2 Å². The highest BCUT2D eigenvalue weighted by molar-refractivity contribution is 5.27. The SMILES string of the molecule is NCCc1ccc(OCc2cccnc2)cc1. The Bertz CT molecular complexity index is 440. The van der Waals surface area contributed by atoms with E-state index in [2.05, 4.69) is 4.98 Å². The molecule has 1 aromatic heterocycles. The average molecular weight is 228 g/mol. The Morgan fingerprint density at radius 2 is 1.88 bits per heavy atom. The molecule has 1 aromatic carbocycles. The van der Waals surface area contributed by atoms with Crippen molar-refractivity contribution >= 4 is 0 Å². The zero-order chi connectivity index (χ0) is 11.9. The third kappa shape index (κ3) is 3.57. The summed E-state index contributed by atoms with van der Waals surface area (Å²) < 4.78 is 5.65. The summed E-state index contributed by atoms with van der Waals surface area (Å²) in [5.74, 6) is 0.870. The molecule has 0 radical (unpaired) electrons. The third-order valence-electron chi connectivity index (χ3n) is 2.48. The Labute approximate surface area is 101 Å². The Kier molecular flexibility index (Phi) is 4.11. The highest BCUT2D eigenvalue weighted by Crippen LogP contribution is 2.14. The van der Waals surface area contributed by atoms with Crippen LogP contribution < -0.4 is 10.5 Å². The van der Waals surface area contributed by atoms with Crippen LogP contribution in [-0.4, -0.2) is 11.5 Å². The van der Waals surface area contributed by atoms with E-state index in [4.69, 9.17) is 10.5 Å². The van der Waals surface area contributed by atoms with E-state index in [1.807, 2.05) is 42.6 Å². The van der Waals surface area contributed by atoms with Crippen molar-refractivity contribution in [1.82, 2.24) is 4.98 Å². The molecule has 1 heterocycles. The first kappa shape index (κ1) is 11.6. The summed E-state index contributed by atoms with van der Waals surface area (Å²) in [4.78, 5) is 4.04. The molecule has 3 nitrogen and oxygen atoms in total. The maximum atomic E-state index is 5.65. The van der Waals surface area contributed by atoms with Crippen LogP contribution in [0.15, 0.2) is 48.8 Å². The second kappa shape index (κ2) is 6.01. The van der Waals surface area contributed by atoms with Crippen LogP contribution in [0.25, 0.3) is 0 Å². The van der Waals surface area contributed by atoms with Crippen molar-refractivity contribution in [1.29, 1.82) is 0 Å². The van der Waals surface area contributed by atoms with Crippen LogP contribution in [0.1, 0.15) is 11.1 Å². The first-order valence-electron chi connectivity index (χ1n) is 5.69. The molecule has 0 spiro atoms. The monoisotopic (exact) mass is 228 g/mol. The molecule has 2 aromatic rings. The van der Waals surface area contributed by atoms with Crippen LogP contribution in [0.2, 0.25) is 0 Å². The van der Waals surface area contributed by atoms with Gasteiger partial charge in [-0.3, -0.25) is 4.98 Å². The second-order valence-electron chi connectivity index (χ2n) is 3.83. The van der Waals surface area contributed by atoms with Crippen molar-refractivity contribution in [3.8, 4) is 5.75 Å². The lowest BCUT2D eigenvalue weighted by atomic mass is 10.1. The van der Waals surface area contributed by atoms with Crippen LogP contribution in [0, 0.1) is 0 Å². The van der Waals surface area contributed by atoms with Crippen LogP contribution in [0.5, 0.6) is 5.75 Å². The molecule has 0 aliphatic heterocycles. The summed E-state index contributed by atoms with van der Waals surface area (Å²) in [6.07, 6.45) is 4.47. The van der Waals surface area contributed by atoms with Crippen LogP contribution in [0.4, 0.5) is 0 Å². The minimum atomic E-state index is 0.546. The molecule has 3 heteroatoms. The maximum Gasteiger partial charge on any atom is 0.119 e. The fourth-order valence-corrected chi connectivity index (χ4v) is 1.57. The predicted octanol–water partition coefficient (Wildman–Crippen LogP) is 2.16. The first-order valence-corrected chi connectivity index (χ1v) is 5.69. The van der Waals surface area contributed by atoms with E-state index in [1.54, 1.807) is 6.20 Å². The number of nitrogens with two attached hydrogens (primary N) is 1. The van der Waals surface area contributed by atoms with Crippen molar-refractivity contribution in [2.75, 3.05) is 6.54 Å². The number of ether oxygens (including phenoxy) is 1. The van der Waals surface area contributed by atoms with Crippen LogP contribution >= 0.6 is 0 Å². The van der Waals surface area contributed by atoms with Gasteiger partial charge in [-0.25, -0.2) is 0 Å². The van der Waals surface area contributed by atoms with Gasteiger partial charge in [0.15, 0.2) is 0 Å². The Morgan fingerprint density at radius 3 is 2.53 bits per heavy atom. The van der Waals surface area contributed by atoms with Gasteiger partial charge in [0, 0.05) is 18.0 Å². The number of benzene rings is 1. The predicted molar refractivity (Wildman–Crippen MR) is 67.8 cm³/mol. The number of hydrogen-bond acceptors (Lipinski definition) is 3. The van der Waals surface area contributed by atoms with Crippen molar-refractivity contribution in [3.05, 3.63) is 59.9 Å². The molecule has 0 atom stereocenters. The topological polar surface area (TPSA) is 48.1 Å². The lowest BCUT2D eigenvalue weighted by Crippen LogP contribution is -2.02. The summed E-state index contributed by atoms with van der Waals surface area (Å²) >= 11 is 0. The van der Waals surface area contributed by atoms with Gasteiger partial charge in [0.05, 0.1) is 0 Å². The van der Waals surface area contributed by atoms with E-state index in [0.717, 1.165) is 17.7 Å². The maximum absolute atomic E-state index is 5.65. The minimum absolute atomic E-state index is 0.546. The number of pyridine rings is 1. The summed E-state index contributed by atoms with van der Waals surface area (Å²) in [7, 11) is 0. The van der Waals surface area contributed by atoms with Gasteiger partial charge in [-0.2, -0.15) is 0 Å².